The summed E-state index contributed by atoms with van der Waals surface area (Å²) in [4.78, 5) is 149. The number of carbonyl (C=O) groups excluding carboxylic acids is 10. The Hall–Kier alpha value is -7.21. The average Bonchev–Trinajstić information content (AvgIpc) is 1.61. The van der Waals surface area contributed by atoms with Crippen molar-refractivity contribution in [1.82, 2.24) is 52.0 Å². The first-order valence-electron chi connectivity index (χ1n) is 30.5. The van der Waals surface area contributed by atoms with E-state index >= 15 is 4.21 Å². The van der Waals surface area contributed by atoms with E-state index < -0.39 is 176 Å². The minimum Gasteiger partial charge on any atom is -0.496 e. The van der Waals surface area contributed by atoms with Crippen LogP contribution in [0.3, 0.4) is 0 Å². The number of azide groups is 1. The van der Waals surface area contributed by atoms with E-state index in [0.29, 0.717) is 94.2 Å². The van der Waals surface area contributed by atoms with Crippen LogP contribution in [0.2, 0.25) is 0 Å². The first kappa shape index (κ1) is 73.8. The van der Waals surface area contributed by atoms with Gasteiger partial charge < -0.3 is 96.7 Å². The molecule has 6 rings (SSSR count). The number of nitrogens with zero attached hydrogens (tertiary/aromatic N) is 5. The van der Waals surface area contributed by atoms with Crippen LogP contribution in [-0.4, -0.2) is 259 Å². The van der Waals surface area contributed by atoms with Gasteiger partial charge in [0.15, 0.2) is 0 Å². The van der Waals surface area contributed by atoms with E-state index in [-0.39, 0.29) is 53.7 Å². The van der Waals surface area contributed by atoms with E-state index in [9.17, 15) is 63.3 Å². The molecule has 11 atom stereocenters. The predicted molar refractivity (Wildman–Crippen MR) is 330 cm³/mol. The fraction of sp³-hybridized carbons (Fsp3) is 0.684. The van der Waals surface area contributed by atoms with Crippen LogP contribution in [-0.2, 0) is 89.9 Å². The summed E-state index contributed by atoms with van der Waals surface area (Å²) in [6, 6.07) is -6.93. The van der Waals surface area contributed by atoms with Crippen LogP contribution < -0.4 is 47.7 Å². The number of carbonyl (C=O) groups is 10. The molecule has 0 radical (unpaired) electrons. The number of aliphatic hydroxyl groups is 3. The molecule has 1 unspecified atom stereocenters. The molecule has 1 aromatic carbocycles. The number of ether oxygens (including phenoxy) is 5. The third kappa shape index (κ3) is 21.2. The van der Waals surface area contributed by atoms with Crippen LogP contribution in [0, 0.1) is 11.8 Å². The van der Waals surface area contributed by atoms with Gasteiger partial charge in [0.05, 0.1) is 127 Å². The maximum Gasteiger partial charge on any atom is 0.246 e. The molecule has 2 fully saturated rings. The smallest absolute Gasteiger partial charge is 0.246 e. The number of nitrogens with one attached hydrogen (secondary N) is 8. The molecule has 0 saturated carbocycles. The molecule has 0 spiro atoms. The fourth-order valence-corrected chi connectivity index (χ4v) is 13.5. The lowest BCUT2D eigenvalue weighted by Gasteiger charge is -2.32. The number of thioether (sulfide) groups is 1. The van der Waals surface area contributed by atoms with Gasteiger partial charge in [-0.1, -0.05) is 32.3 Å². The van der Waals surface area contributed by atoms with Crippen molar-refractivity contribution in [3.63, 3.8) is 0 Å². The van der Waals surface area contributed by atoms with Crippen LogP contribution >= 0.6 is 11.8 Å². The van der Waals surface area contributed by atoms with Gasteiger partial charge in [0.2, 0.25) is 59.1 Å². The van der Waals surface area contributed by atoms with Gasteiger partial charge in [0.1, 0.15) is 47.0 Å². The minimum atomic E-state index is -2.45. The number of hydrogen-bond donors (Lipinski definition) is 12. The maximum atomic E-state index is 15.4. The van der Waals surface area contributed by atoms with Gasteiger partial charge in [-0.2, -0.15) is 11.8 Å². The highest BCUT2D eigenvalue weighted by Crippen LogP contribution is 2.38. The number of rotatable bonds is 26. The molecule has 4 aliphatic rings. The Morgan fingerprint density at radius 1 is 0.826 bits per heavy atom. The van der Waals surface area contributed by atoms with E-state index in [4.69, 9.17) is 34.9 Å². The summed E-state index contributed by atoms with van der Waals surface area (Å²) in [5, 5.41) is 53.2. The molecule has 35 heteroatoms. The van der Waals surface area contributed by atoms with Crippen molar-refractivity contribution in [2.45, 2.75) is 130 Å². The number of nitrogens with two attached hydrogens (primary N) is 1. The number of fused-ring (bicyclic) bond motifs is 5. The molecule has 0 aliphatic carbocycles. The first-order valence-corrected chi connectivity index (χ1v) is 32.9. The molecule has 2 saturated heterocycles. The summed E-state index contributed by atoms with van der Waals surface area (Å²) in [5.74, 6) is -11.4. The number of aromatic amines is 1. The van der Waals surface area contributed by atoms with Crippen molar-refractivity contribution in [2.24, 2.45) is 22.7 Å². The van der Waals surface area contributed by atoms with Crippen molar-refractivity contribution in [1.29, 1.82) is 0 Å². The van der Waals surface area contributed by atoms with E-state index in [2.05, 4.69) is 52.2 Å². The standard InChI is InChI=1S/C57H86N14O19S2/c1-5-31(2)48-54(82)61-25-45(76)63-40-30-92(85)56-36(35-6-7-43(86-4)37(50(35)68-56)29-91-34-8-12-70(13-9-34)47(78)10-14-87-16-18-89-20-21-90-19-17-88-15-11-62-69-59)23-38(51(79)60-26-46(77)66-48)64-55(83)49(32(3)42(74)28-72)67-53(81)41-22-33(73)27-71(41)57(84)39(24-44(58)75)65-52(40)80/h6-7,31-34,38-42,48-49,68,72-74H,5,8-30H2,1-4H3,(H2,58,75)(H,60,79)(H,61,82)(H,63,76)(H,64,83)(H,65,80)(H,66,77)(H,67,81)/t31-,32-,33+,38-,39-,40-,41-,42-,48-,49-,92?/m0/s1. The van der Waals surface area contributed by atoms with Gasteiger partial charge in [-0.3, -0.25) is 52.2 Å². The lowest BCUT2D eigenvalue weighted by atomic mass is 9.93. The van der Waals surface area contributed by atoms with E-state index in [1.165, 1.54) is 14.0 Å². The van der Waals surface area contributed by atoms with Crippen molar-refractivity contribution in [3.8, 4) is 5.75 Å². The van der Waals surface area contributed by atoms with Crippen molar-refractivity contribution >= 4 is 92.5 Å². The molecule has 2 bridgehead atoms. The highest BCUT2D eigenvalue weighted by Gasteiger charge is 2.45. The Kier molecular flexibility index (Phi) is 29.6. The number of benzene rings is 1. The molecule has 92 heavy (non-hydrogen) atoms. The van der Waals surface area contributed by atoms with E-state index in [1.54, 1.807) is 42.6 Å². The molecule has 4 aliphatic heterocycles. The molecule has 2 aromatic rings. The Morgan fingerprint density at radius 2 is 1.47 bits per heavy atom. The third-order valence-electron chi connectivity index (χ3n) is 16.2. The second kappa shape index (κ2) is 36.9. The number of aliphatic hydroxyl groups excluding tert-OH is 3. The zero-order chi connectivity index (χ0) is 67.0. The molecule has 33 nitrogen and oxygen atoms in total. The summed E-state index contributed by atoms with van der Waals surface area (Å²) in [5.41, 5.74) is 14.9. The van der Waals surface area contributed by atoms with Crippen LogP contribution in [0.4, 0.5) is 0 Å². The number of amides is 10. The lowest BCUT2D eigenvalue weighted by Crippen LogP contribution is -2.62. The van der Waals surface area contributed by atoms with Gasteiger partial charge >= 0.3 is 0 Å². The SMILES string of the molecule is CC[C@H](C)[C@@H]1NC(=O)CNC(=O)[C@@H]2Cc3c([nH]c4c(CSC5CCN(C(=O)CCOCCOCCOCCOCCN=[N+]=[N-])CC5)c(OC)ccc34)S(=O)C[C@H](NC(=O)CNC1=O)C(=O)N[C@@H](CC(N)=O)C(=O)N1C[C@H](O)C[C@H]1C(=O)N[C@@H]([C@@H](C)[C@@H](O)CO)C(=O)N2. The third-order valence-corrected chi connectivity index (χ3v) is 19.1. The molecule has 510 valence electrons. The number of H-pyrrole nitrogens is 1. The molecular weight excluding hydrogens is 1250 g/mol. The lowest BCUT2D eigenvalue weighted by molar-refractivity contribution is -0.144. The summed E-state index contributed by atoms with van der Waals surface area (Å²) in [7, 11) is -1.01. The van der Waals surface area contributed by atoms with Crippen LogP contribution in [0.25, 0.3) is 21.3 Å². The van der Waals surface area contributed by atoms with Crippen LogP contribution in [0.5, 0.6) is 5.75 Å². The highest BCUT2D eigenvalue weighted by molar-refractivity contribution is 7.99. The zero-order valence-corrected chi connectivity index (χ0v) is 53.6. The average molecular weight is 1340 g/mol. The quantitative estimate of drug-likeness (QED) is 0.0187. The van der Waals surface area contributed by atoms with Crippen LogP contribution in [0.15, 0.2) is 22.3 Å². The normalized spacial score (nSPS) is 24.5. The molecule has 13 N–H and O–H groups in total. The fourth-order valence-electron chi connectivity index (χ4n) is 10.9. The maximum absolute atomic E-state index is 15.4. The predicted octanol–water partition coefficient (Wildman–Crippen LogP) is -3.63. The largest absolute Gasteiger partial charge is 0.496 e. The molecule has 1 aromatic heterocycles. The summed E-state index contributed by atoms with van der Waals surface area (Å²) >= 11 is 1.56. The Morgan fingerprint density at radius 3 is 2.10 bits per heavy atom. The summed E-state index contributed by atoms with van der Waals surface area (Å²) < 4.78 is 43.2. The second-order valence-electron chi connectivity index (χ2n) is 22.6. The first-order chi connectivity index (χ1) is 44.1. The van der Waals surface area contributed by atoms with Gasteiger partial charge in [-0.25, -0.2) is 0 Å². The molecule has 10 amide bonds. The second-order valence-corrected chi connectivity index (χ2v) is 25.4. The van der Waals surface area contributed by atoms with Crippen LogP contribution in [0.1, 0.15) is 70.4 Å². The van der Waals surface area contributed by atoms with Gasteiger partial charge in [0.25, 0.3) is 0 Å². The summed E-state index contributed by atoms with van der Waals surface area (Å²) in [6.07, 6.45) is -3.17. The number of piperidine rings is 1. The van der Waals surface area contributed by atoms with Gasteiger partial charge in [-0.15, -0.1) is 0 Å². The van der Waals surface area contributed by atoms with E-state index in [0.717, 1.165) is 4.90 Å². The molecular formula is C57H86N14O19S2. The number of aromatic nitrogens is 1. The monoisotopic (exact) mass is 1330 g/mol. The number of hydrogen-bond acceptors (Lipinski definition) is 21. The van der Waals surface area contributed by atoms with Crippen molar-refractivity contribution in [3.05, 3.63) is 33.7 Å². The number of likely N-dealkylation sites (tertiary alicyclic amines) is 1. The number of primary amides is 1. The van der Waals surface area contributed by atoms with E-state index in [1.807, 2.05) is 0 Å². The Balaban J connectivity index is 1.32. The minimum absolute atomic E-state index is 0.0312. The van der Waals surface area contributed by atoms with Crippen molar-refractivity contribution in [2.75, 3.05) is 112 Å². The highest BCUT2D eigenvalue weighted by atomic mass is 32.2. The summed E-state index contributed by atoms with van der Waals surface area (Å²) in [6.45, 7) is 5.37. The Labute approximate surface area is 537 Å². The van der Waals surface area contributed by atoms with Gasteiger partial charge in [0, 0.05) is 71.8 Å². The Bertz CT molecular complexity index is 3000. The molecule has 5 heterocycles. The zero-order valence-electron chi connectivity index (χ0n) is 52.0. The topological polar surface area (TPSA) is 476 Å². The van der Waals surface area contributed by atoms with Gasteiger partial charge in [-0.05, 0) is 42.0 Å². The van der Waals surface area contributed by atoms with Crippen molar-refractivity contribution < 1.29 is 91.2 Å². The number of methoxy groups -OCH3 is 1.